The molecule has 1 aromatic rings. The highest BCUT2D eigenvalue weighted by Crippen LogP contribution is 2.19. The highest BCUT2D eigenvalue weighted by Gasteiger charge is 2.46. The van der Waals surface area contributed by atoms with E-state index in [0.717, 1.165) is 10.5 Å². The van der Waals surface area contributed by atoms with E-state index in [1.807, 2.05) is 30.3 Å². The van der Waals surface area contributed by atoms with E-state index < -0.39 is 35.3 Å². The van der Waals surface area contributed by atoms with Gasteiger partial charge < -0.3 is 15.2 Å². The van der Waals surface area contributed by atoms with Crippen molar-refractivity contribution in [1.29, 1.82) is 0 Å². The average molecular weight is 363 g/mol. The van der Waals surface area contributed by atoms with Crippen LogP contribution in [0.5, 0.6) is 0 Å². The summed E-state index contributed by atoms with van der Waals surface area (Å²) < 4.78 is 5.21. The van der Waals surface area contributed by atoms with E-state index in [1.54, 1.807) is 20.8 Å². The highest BCUT2D eigenvalue weighted by atomic mass is 16.6. The summed E-state index contributed by atoms with van der Waals surface area (Å²) in [4.78, 5) is 37.9. The molecule has 0 saturated carbocycles. The minimum Gasteiger partial charge on any atom is -0.444 e. The summed E-state index contributed by atoms with van der Waals surface area (Å²) >= 11 is 0. The molecule has 2 rings (SSSR count). The number of imide groups is 1. The number of aliphatic hydroxyl groups is 1. The van der Waals surface area contributed by atoms with Crippen LogP contribution in [0.15, 0.2) is 30.3 Å². The quantitative estimate of drug-likeness (QED) is 0.671. The predicted molar refractivity (Wildman–Crippen MR) is 93.8 cm³/mol. The maximum atomic E-state index is 12.8. The standard InChI is InChI=1S/C18H25N3O5/c1-17(2,3)26-16(24)20-13(11-12-7-5-4-6-8-12)14(22)21-10-9-18(19,25)15(21)23/h4-8,13,25H,9-11,19H2,1-3H3,(H,20,24)/t13-,18+/m0/s1. The minimum atomic E-state index is -2.06. The molecule has 1 aliphatic rings. The molecular formula is C18H25N3O5. The molecule has 0 radical (unpaired) electrons. The number of ether oxygens (including phenoxy) is 1. The molecule has 4 N–H and O–H groups in total. The molecule has 0 bridgehead atoms. The largest absolute Gasteiger partial charge is 0.444 e. The molecule has 142 valence electrons. The fourth-order valence-electron chi connectivity index (χ4n) is 2.62. The lowest BCUT2D eigenvalue weighted by molar-refractivity contribution is -0.151. The Morgan fingerprint density at radius 1 is 1.35 bits per heavy atom. The molecule has 26 heavy (non-hydrogen) atoms. The van der Waals surface area contributed by atoms with Crippen molar-refractivity contribution in [3.05, 3.63) is 35.9 Å². The second-order valence-corrected chi connectivity index (χ2v) is 7.36. The summed E-state index contributed by atoms with van der Waals surface area (Å²) in [5.74, 6) is -1.50. The van der Waals surface area contributed by atoms with Crippen molar-refractivity contribution in [3.63, 3.8) is 0 Å². The molecule has 1 aromatic carbocycles. The summed E-state index contributed by atoms with van der Waals surface area (Å²) in [5, 5.41) is 12.3. The van der Waals surface area contributed by atoms with Gasteiger partial charge in [0.05, 0.1) is 0 Å². The van der Waals surface area contributed by atoms with Crippen molar-refractivity contribution < 1.29 is 24.2 Å². The van der Waals surface area contributed by atoms with Gasteiger partial charge in [-0.2, -0.15) is 0 Å². The zero-order chi connectivity index (χ0) is 19.5. The summed E-state index contributed by atoms with van der Waals surface area (Å²) in [6, 6.07) is 8.04. The zero-order valence-electron chi connectivity index (χ0n) is 15.2. The van der Waals surface area contributed by atoms with Gasteiger partial charge in [0.15, 0.2) is 5.72 Å². The summed E-state index contributed by atoms with van der Waals surface area (Å²) in [6.07, 6.45) is -0.644. The Balaban J connectivity index is 2.18. The Morgan fingerprint density at radius 2 is 1.96 bits per heavy atom. The number of nitrogens with two attached hydrogens (primary N) is 1. The van der Waals surface area contributed by atoms with Crippen molar-refractivity contribution in [2.24, 2.45) is 5.73 Å². The van der Waals surface area contributed by atoms with Gasteiger partial charge in [0.2, 0.25) is 0 Å². The second kappa shape index (κ2) is 7.43. The third kappa shape index (κ3) is 5.03. The van der Waals surface area contributed by atoms with Crippen LogP contribution in [0.4, 0.5) is 4.79 Å². The van der Waals surface area contributed by atoms with Crippen LogP contribution in [0.2, 0.25) is 0 Å². The Morgan fingerprint density at radius 3 is 2.46 bits per heavy atom. The van der Waals surface area contributed by atoms with Crippen LogP contribution in [0.1, 0.15) is 32.8 Å². The fraction of sp³-hybridized carbons (Fsp3) is 0.500. The number of carbonyl (C=O) groups is 3. The van der Waals surface area contributed by atoms with Crippen LogP contribution >= 0.6 is 0 Å². The first-order valence-electron chi connectivity index (χ1n) is 8.40. The Kier molecular flexibility index (Phi) is 5.68. The number of alkyl carbamates (subject to hydrolysis) is 1. The fourth-order valence-corrected chi connectivity index (χ4v) is 2.62. The van der Waals surface area contributed by atoms with E-state index in [1.165, 1.54) is 0 Å². The van der Waals surface area contributed by atoms with E-state index in [2.05, 4.69) is 5.32 Å². The van der Waals surface area contributed by atoms with Gasteiger partial charge in [0.1, 0.15) is 11.6 Å². The summed E-state index contributed by atoms with van der Waals surface area (Å²) in [7, 11) is 0. The molecular weight excluding hydrogens is 338 g/mol. The van der Waals surface area contributed by atoms with Crippen molar-refractivity contribution in [2.45, 2.75) is 51.0 Å². The first-order chi connectivity index (χ1) is 12.0. The lowest BCUT2D eigenvalue weighted by Crippen LogP contribution is -2.54. The van der Waals surface area contributed by atoms with Crippen LogP contribution in [0, 0.1) is 0 Å². The molecule has 1 saturated heterocycles. The molecule has 1 heterocycles. The third-order valence-electron chi connectivity index (χ3n) is 3.87. The number of carbonyl (C=O) groups excluding carboxylic acids is 3. The molecule has 2 atom stereocenters. The van der Waals surface area contributed by atoms with E-state index in [4.69, 9.17) is 10.5 Å². The molecule has 3 amide bonds. The van der Waals surface area contributed by atoms with Gasteiger partial charge in [-0.25, -0.2) is 4.79 Å². The lowest BCUT2D eigenvalue weighted by atomic mass is 10.0. The number of benzene rings is 1. The highest BCUT2D eigenvalue weighted by molar-refractivity contribution is 6.03. The monoisotopic (exact) mass is 363 g/mol. The van der Waals surface area contributed by atoms with Crippen LogP contribution in [-0.2, 0) is 20.7 Å². The molecule has 1 aliphatic heterocycles. The number of amides is 3. The average Bonchev–Trinajstić information content (AvgIpc) is 2.79. The van der Waals surface area contributed by atoms with Gasteiger partial charge in [-0.05, 0) is 26.3 Å². The number of nitrogens with one attached hydrogen (secondary N) is 1. The Hall–Kier alpha value is -2.45. The van der Waals surface area contributed by atoms with Crippen molar-refractivity contribution in [1.82, 2.24) is 10.2 Å². The molecule has 8 nitrogen and oxygen atoms in total. The SMILES string of the molecule is CC(C)(C)OC(=O)N[C@@H](Cc1ccccc1)C(=O)N1CC[C@@](N)(O)C1=O. The van der Waals surface area contributed by atoms with Gasteiger partial charge in [0, 0.05) is 19.4 Å². The molecule has 0 spiro atoms. The van der Waals surface area contributed by atoms with Crippen LogP contribution in [-0.4, -0.2) is 51.8 Å². The molecule has 1 fully saturated rings. The minimum absolute atomic E-state index is 0.00798. The molecule has 8 heteroatoms. The van der Waals surface area contributed by atoms with Gasteiger partial charge in [-0.3, -0.25) is 20.2 Å². The number of rotatable bonds is 4. The van der Waals surface area contributed by atoms with Gasteiger partial charge >= 0.3 is 6.09 Å². The third-order valence-corrected chi connectivity index (χ3v) is 3.87. The Labute approximate surface area is 152 Å². The smallest absolute Gasteiger partial charge is 0.408 e. The summed E-state index contributed by atoms with van der Waals surface area (Å²) in [6.45, 7) is 5.11. The van der Waals surface area contributed by atoms with Crippen molar-refractivity contribution in [2.75, 3.05) is 6.54 Å². The van der Waals surface area contributed by atoms with Crippen LogP contribution in [0.3, 0.4) is 0 Å². The van der Waals surface area contributed by atoms with E-state index in [-0.39, 0.29) is 19.4 Å². The number of likely N-dealkylation sites (tertiary alicyclic amines) is 1. The summed E-state index contributed by atoms with van der Waals surface area (Å²) in [5.41, 5.74) is 3.50. The first-order valence-corrected chi connectivity index (χ1v) is 8.40. The van der Waals surface area contributed by atoms with Crippen LogP contribution in [0.25, 0.3) is 0 Å². The van der Waals surface area contributed by atoms with Gasteiger partial charge in [0.25, 0.3) is 11.8 Å². The first kappa shape index (κ1) is 19.9. The lowest BCUT2D eigenvalue weighted by Gasteiger charge is -2.26. The molecule has 0 unspecified atom stereocenters. The van der Waals surface area contributed by atoms with E-state index >= 15 is 0 Å². The van der Waals surface area contributed by atoms with E-state index in [0.29, 0.717) is 0 Å². The maximum absolute atomic E-state index is 12.8. The normalized spacial score (nSPS) is 21.4. The zero-order valence-corrected chi connectivity index (χ0v) is 15.2. The Bertz CT molecular complexity index is 682. The topological polar surface area (TPSA) is 122 Å². The maximum Gasteiger partial charge on any atom is 0.408 e. The van der Waals surface area contributed by atoms with Gasteiger partial charge in [-0.1, -0.05) is 30.3 Å². The van der Waals surface area contributed by atoms with Crippen molar-refractivity contribution >= 4 is 17.9 Å². The van der Waals surface area contributed by atoms with E-state index in [9.17, 15) is 19.5 Å². The molecule has 0 aromatic heterocycles. The van der Waals surface area contributed by atoms with Gasteiger partial charge in [-0.15, -0.1) is 0 Å². The second-order valence-electron chi connectivity index (χ2n) is 7.36. The molecule has 0 aliphatic carbocycles. The number of hydrogen-bond donors (Lipinski definition) is 3. The van der Waals surface area contributed by atoms with Crippen molar-refractivity contribution in [3.8, 4) is 0 Å². The predicted octanol–water partition coefficient (Wildman–Crippen LogP) is 0.529. The number of hydrogen-bond acceptors (Lipinski definition) is 6. The number of nitrogens with zero attached hydrogens (tertiary/aromatic N) is 1. The van der Waals surface area contributed by atoms with Crippen LogP contribution < -0.4 is 11.1 Å².